The molecule has 0 N–H and O–H groups in total. The van der Waals surface area contributed by atoms with E-state index in [9.17, 15) is 9.18 Å². The summed E-state index contributed by atoms with van der Waals surface area (Å²) in [5.41, 5.74) is 1.55. The Morgan fingerprint density at radius 3 is 2.80 bits per heavy atom. The van der Waals surface area contributed by atoms with E-state index in [0.29, 0.717) is 18.4 Å². The van der Waals surface area contributed by atoms with Crippen LogP contribution in [0.5, 0.6) is 0 Å². The first-order chi connectivity index (χ1) is 7.16. The zero-order valence-electron chi connectivity index (χ0n) is 8.09. The van der Waals surface area contributed by atoms with E-state index in [1.54, 1.807) is 18.2 Å². The van der Waals surface area contributed by atoms with Gasteiger partial charge in [-0.15, -0.1) is 0 Å². The molecular formula is C12H10ClFO. The third-order valence-corrected chi connectivity index (χ3v) is 2.80. The Balaban J connectivity index is 2.21. The molecule has 0 spiro atoms. The van der Waals surface area contributed by atoms with Crippen molar-refractivity contribution in [3.8, 4) is 0 Å². The molecule has 0 amide bonds. The fraction of sp³-hybridized carbons (Fsp3) is 0.250. The summed E-state index contributed by atoms with van der Waals surface area (Å²) in [5.74, 6) is -0.244. The third-order valence-electron chi connectivity index (χ3n) is 2.51. The second kappa shape index (κ2) is 4.15. The predicted molar refractivity (Wildman–Crippen MR) is 57.4 cm³/mol. The average Bonchev–Trinajstić information content (AvgIpc) is 2.59. The van der Waals surface area contributed by atoms with Crippen LogP contribution in [0.1, 0.15) is 18.4 Å². The van der Waals surface area contributed by atoms with Crippen molar-refractivity contribution in [2.75, 3.05) is 0 Å². The zero-order valence-corrected chi connectivity index (χ0v) is 8.85. The van der Waals surface area contributed by atoms with Crippen molar-refractivity contribution in [1.29, 1.82) is 0 Å². The Morgan fingerprint density at radius 1 is 1.33 bits per heavy atom. The quantitative estimate of drug-likeness (QED) is 0.753. The van der Waals surface area contributed by atoms with E-state index < -0.39 is 0 Å². The molecule has 1 aliphatic carbocycles. The Hall–Kier alpha value is -1.15. The number of hydrogen-bond donors (Lipinski definition) is 0. The molecule has 1 nitrogen and oxygen atoms in total. The van der Waals surface area contributed by atoms with E-state index >= 15 is 0 Å². The Labute approximate surface area is 92.6 Å². The van der Waals surface area contributed by atoms with Crippen LogP contribution < -0.4 is 0 Å². The minimum absolute atomic E-state index is 0.132. The molecule has 0 atom stereocenters. The molecule has 78 valence electrons. The standard InChI is InChI=1S/C12H10ClFO/c13-11-3-1-2-9(12(11)14)6-8-4-5-10(15)7-8/h1-3,7H,4-6H2. The highest BCUT2D eigenvalue weighted by atomic mass is 35.5. The number of benzene rings is 1. The van der Waals surface area contributed by atoms with Crippen LogP contribution in [0.2, 0.25) is 5.02 Å². The summed E-state index contributed by atoms with van der Waals surface area (Å²) in [5, 5.41) is 0.137. The minimum Gasteiger partial charge on any atom is -0.295 e. The van der Waals surface area contributed by atoms with E-state index in [2.05, 4.69) is 0 Å². The van der Waals surface area contributed by atoms with Crippen molar-refractivity contribution in [3.63, 3.8) is 0 Å². The zero-order chi connectivity index (χ0) is 10.8. The van der Waals surface area contributed by atoms with Gasteiger partial charge in [0.1, 0.15) is 5.82 Å². The lowest BCUT2D eigenvalue weighted by atomic mass is 10.0. The number of carbonyl (C=O) groups is 1. The maximum absolute atomic E-state index is 13.5. The molecule has 0 aliphatic heterocycles. The maximum Gasteiger partial charge on any atom is 0.155 e. The average molecular weight is 225 g/mol. The van der Waals surface area contributed by atoms with E-state index in [0.717, 1.165) is 12.0 Å². The summed E-state index contributed by atoms with van der Waals surface area (Å²) >= 11 is 5.67. The van der Waals surface area contributed by atoms with Crippen LogP contribution in [0.15, 0.2) is 29.8 Å². The fourth-order valence-corrected chi connectivity index (χ4v) is 1.92. The number of allylic oxidation sites excluding steroid dienone is 2. The number of carbonyl (C=O) groups excluding carboxylic acids is 1. The molecule has 2 rings (SSSR count). The first-order valence-electron chi connectivity index (χ1n) is 4.82. The summed E-state index contributed by atoms with van der Waals surface area (Å²) in [6, 6.07) is 4.94. The van der Waals surface area contributed by atoms with Gasteiger partial charge in [0.05, 0.1) is 5.02 Å². The van der Waals surface area contributed by atoms with Crippen molar-refractivity contribution in [3.05, 3.63) is 46.3 Å². The predicted octanol–water partition coefficient (Wildman–Crippen LogP) is 3.31. The molecule has 0 saturated heterocycles. The molecule has 1 aliphatic rings. The van der Waals surface area contributed by atoms with Gasteiger partial charge in [0.2, 0.25) is 0 Å². The van der Waals surface area contributed by atoms with Crippen LogP contribution in [0, 0.1) is 5.82 Å². The highest BCUT2D eigenvalue weighted by Gasteiger charge is 2.14. The van der Waals surface area contributed by atoms with Gasteiger partial charge < -0.3 is 0 Å². The van der Waals surface area contributed by atoms with Gasteiger partial charge in [-0.1, -0.05) is 29.3 Å². The highest BCUT2D eigenvalue weighted by molar-refractivity contribution is 6.30. The lowest BCUT2D eigenvalue weighted by Crippen LogP contribution is -1.93. The van der Waals surface area contributed by atoms with Crippen LogP contribution >= 0.6 is 11.6 Å². The molecule has 0 radical (unpaired) electrons. The van der Waals surface area contributed by atoms with Crippen LogP contribution in [-0.2, 0) is 11.2 Å². The van der Waals surface area contributed by atoms with Gasteiger partial charge in [0.25, 0.3) is 0 Å². The molecule has 0 bridgehead atoms. The lowest BCUT2D eigenvalue weighted by molar-refractivity contribution is -0.114. The number of rotatable bonds is 2. The Kier molecular flexibility index (Phi) is 2.87. The SMILES string of the molecule is O=C1C=C(Cc2cccc(Cl)c2F)CC1. The highest BCUT2D eigenvalue weighted by Crippen LogP contribution is 2.24. The summed E-state index contributed by atoms with van der Waals surface area (Å²) in [7, 11) is 0. The lowest BCUT2D eigenvalue weighted by Gasteiger charge is -2.04. The van der Waals surface area contributed by atoms with Crippen LogP contribution in [0.4, 0.5) is 4.39 Å². The summed E-state index contributed by atoms with van der Waals surface area (Å²) in [4.78, 5) is 11.0. The van der Waals surface area contributed by atoms with Gasteiger partial charge in [-0.2, -0.15) is 0 Å². The molecule has 1 aromatic rings. The molecule has 15 heavy (non-hydrogen) atoms. The molecule has 3 heteroatoms. The summed E-state index contributed by atoms with van der Waals surface area (Å²) in [6.45, 7) is 0. The third kappa shape index (κ3) is 2.26. The van der Waals surface area contributed by atoms with Gasteiger partial charge in [-0.25, -0.2) is 4.39 Å². The smallest absolute Gasteiger partial charge is 0.155 e. The van der Waals surface area contributed by atoms with E-state index in [4.69, 9.17) is 11.6 Å². The number of hydrogen-bond acceptors (Lipinski definition) is 1. The van der Waals surface area contributed by atoms with Crippen molar-refractivity contribution in [2.45, 2.75) is 19.3 Å². The van der Waals surface area contributed by atoms with Gasteiger partial charge in [-0.3, -0.25) is 4.79 Å². The van der Waals surface area contributed by atoms with Crippen molar-refractivity contribution >= 4 is 17.4 Å². The second-order valence-electron chi connectivity index (χ2n) is 3.66. The van der Waals surface area contributed by atoms with Gasteiger partial charge in [0, 0.05) is 6.42 Å². The second-order valence-corrected chi connectivity index (χ2v) is 4.07. The van der Waals surface area contributed by atoms with Crippen LogP contribution in [0.3, 0.4) is 0 Å². The Bertz CT molecular complexity index is 437. The molecular weight excluding hydrogens is 215 g/mol. The summed E-state index contributed by atoms with van der Waals surface area (Å²) < 4.78 is 13.5. The van der Waals surface area contributed by atoms with Crippen molar-refractivity contribution < 1.29 is 9.18 Å². The monoisotopic (exact) mass is 224 g/mol. The largest absolute Gasteiger partial charge is 0.295 e. The topological polar surface area (TPSA) is 17.1 Å². The van der Waals surface area contributed by atoms with E-state index in [-0.39, 0.29) is 16.6 Å². The first kappa shape index (κ1) is 10.4. The van der Waals surface area contributed by atoms with Gasteiger partial charge in [-0.05, 0) is 30.5 Å². The van der Waals surface area contributed by atoms with Crippen molar-refractivity contribution in [2.24, 2.45) is 0 Å². The number of ketones is 1. The summed E-state index contributed by atoms with van der Waals surface area (Å²) in [6.07, 6.45) is 3.39. The minimum atomic E-state index is -0.376. The van der Waals surface area contributed by atoms with Crippen LogP contribution in [-0.4, -0.2) is 5.78 Å². The molecule has 0 fully saturated rings. The van der Waals surface area contributed by atoms with Gasteiger partial charge >= 0.3 is 0 Å². The normalized spacial score (nSPS) is 15.6. The maximum atomic E-state index is 13.5. The number of halogens is 2. The van der Waals surface area contributed by atoms with Gasteiger partial charge in [0.15, 0.2) is 5.78 Å². The van der Waals surface area contributed by atoms with E-state index in [1.165, 1.54) is 6.07 Å². The van der Waals surface area contributed by atoms with Crippen molar-refractivity contribution in [1.82, 2.24) is 0 Å². The first-order valence-corrected chi connectivity index (χ1v) is 5.20. The van der Waals surface area contributed by atoms with E-state index in [1.807, 2.05) is 0 Å². The Morgan fingerprint density at radius 2 is 2.13 bits per heavy atom. The molecule has 0 unspecified atom stereocenters. The molecule has 0 heterocycles. The van der Waals surface area contributed by atoms with Crippen LogP contribution in [0.25, 0.3) is 0 Å². The molecule has 1 aromatic carbocycles. The molecule has 0 saturated carbocycles. The fourth-order valence-electron chi connectivity index (χ4n) is 1.72. The molecule has 0 aromatic heterocycles.